The van der Waals surface area contributed by atoms with E-state index in [9.17, 15) is 0 Å². The fourth-order valence-electron chi connectivity index (χ4n) is 5.58. The largest absolute Gasteiger partial charge is 0.344 e. The maximum atomic E-state index is 2.41. The average molecular weight is 449 g/mol. The van der Waals surface area contributed by atoms with Crippen molar-refractivity contribution in [3.8, 4) is 5.69 Å². The van der Waals surface area contributed by atoms with Crippen LogP contribution in [0.2, 0.25) is 0 Å². The first kappa shape index (κ1) is 19.9. The van der Waals surface area contributed by atoms with Crippen molar-refractivity contribution in [3.05, 3.63) is 127 Å². The van der Waals surface area contributed by atoms with Crippen LogP contribution in [0.4, 0.5) is 11.4 Å². The maximum Gasteiger partial charge on any atom is 0.0541 e. The first-order valence-corrected chi connectivity index (χ1v) is 12.0. The molecular weight excluding hydrogens is 424 g/mol. The van der Waals surface area contributed by atoms with Crippen molar-refractivity contribution < 1.29 is 0 Å². The summed E-state index contributed by atoms with van der Waals surface area (Å²) in [6.45, 7) is 0. The minimum absolute atomic E-state index is 1.20. The first-order chi connectivity index (χ1) is 17.3. The molecule has 0 saturated carbocycles. The zero-order valence-electron chi connectivity index (χ0n) is 19.5. The third kappa shape index (κ3) is 2.97. The fourth-order valence-corrected chi connectivity index (χ4v) is 5.58. The Labute approximate surface area is 204 Å². The number of anilines is 2. The third-order valence-electron chi connectivity index (χ3n) is 7.19. The number of fused-ring (bicyclic) bond motifs is 5. The summed E-state index contributed by atoms with van der Waals surface area (Å²) in [6, 6.07) is 45.8. The molecule has 2 nitrogen and oxygen atoms in total. The van der Waals surface area contributed by atoms with Crippen LogP contribution in [0, 0.1) is 0 Å². The van der Waals surface area contributed by atoms with Gasteiger partial charge in [0, 0.05) is 45.4 Å². The lowest BCUT2D eigenvalue weighted by molar-refractivity contribution is 1.19. The highest BCUT2D eigenvalue weighted by molar-refractivity contribution is 6.11. The number of aromatic nitrogens is 1. The van der Waals surface area contributed by atoms with Crippen molar-refractivity contribution in [1.29, 1.82) is 0 Å². The molecule has 0 aliphatic rings. The normalized spacial score (nSPS) is 11.6. The smallest absolute Gasteiger partial charge is 0.0541 e. The SMILES string of the molecule is CN(c1cccc2ccccc12)c1cccc2c(-n3c4ccccc4c4ccccc43)cccc12. The van der Waals surface area contributed by atoms with Gasteiger partial charge in [-0.05, 0) is 35.7 Å². The predicted octanol–water partition coefficient (Wildman–Crippen LogP) is 8.86. The Morgan fingerprint density at radius 3 is 1.66 bits per heavy atom. The molecule has 0 saturated heterocycles. The quantitative estimate of drug-likeness (QED) is 0.262. The summed E-state index contributed by atoms with van der Waals surface area (Å²) in [5, 5.41) is 7.55. The van der Waals surface area contributed by atoms with Crippen molar-refractivity contribution >= 4 is 54.7 Å². The number of rotatable bonds is 3. The molecule has 2 heteroatoms. The van der Waals surface area contributed by atoms with Gasteiger partial charge in [0.05, 0.1) is 16.7 Å². The highest BCUT2D eigenvalue weighted by atomic mass is 15.1. The minimum atomic E-state index is 1.20. The molecule has 0 spiro atoms. The molecule has 35 heavy (non-hydrogen) atoms. The second kappa shape index (κ2) is 7.75. The number of nitrogens with zero attached hydrogens (tertiary/aromatic N) is 2. The van der Waals surface area contributed by atoms with E-state index in [0.717, 1.165) is 0 Å². The second-order valence-electron chi connectivity index (χ2n) is 9.08. The van der Waals surface area contributed by atoms with Gasteiger partial charge in [-0.1, -0.05) is 97.1 Å². The van der Waals surface area contributed by atoms with Crippen LogP contribution >= 0.6 is 0 Å². The molecule has 166 valence electrons. The molecule has 6 aromatic carbocycles. The summed E-state index contributed by atoms with van der Waals surface area (Å²) in [4.78, 5) is 2.32. The van der Waals surface area contributed by atoms with Crippen molar-refractivity contribution in [2.24, 2.45) is 0 Å². The lowest BCUT2D eigenvalue weighted by Gasteiger charge is -2.24. The van der Waals surface area contributed by atoms with E-state index in [1.165, 1.54) is 60.4 Å². The monoisotopic (exact) mass is 448 g/mol. The molecule has 7 rings (SSSR count). The van der Waals surface area contributed by atoms with E-state index in [2.05, 4.69) is 144 Å². The van der Waals surface area contributed by atoms with Crippen molar-refractivity contribution in [2.45, 2.75) is 0 Å². The van der Waals surface area contributed by atoms with Gasteiger partial charge in [0.15, 0.2) is 0 Å². The highest BCUT2D eigenvalue weighted by Crippen LogP contribution is 2.39. The Morgan fingerprint density at radius 1 is 0.429 bits per heavy atom. The standard InChI is InChI=1S/C33H24N2/c1-34(29-20-8-12-23-11-2-3-13-24(23)29)30-21-9-17-28-25(30)16-10-22-33(28)35-31-18-6-4-14-26(31)27-15-5-7-19-32(27)35/h2-22H,1H3. The summed E-state index contributed by atoms with van der Waals surface area (Å²) in [6.07, 6.45) is 0. The van der Waals surface area contributed by atoms with Crippen LogP contribution in [0.25, 0.3) is 49.0 Å². The number of para-hydroxylation sites is 2. The lowest BCUT2D eigenvalue weighted by atomic mass is 10.0. The van der Waals surface area contributed by atoms with Gasteiger partial charge in [-0.25, -0.2) is 0 Å². The molecule has 0 atom stereocenters. The van der Waals surface area contributed by atoms with E-state index in [-0.39, 0.29) is 0 Å². The van der Waals surface area contributed by atoms with Gasteiger partial charge in [0.25, 0.3) is 0 Å². The summed E-state index contributed by atoms with van der Waals surface area (Å²) in [5.41, 5.74) is 6.07. The number of hydrogen-bond donors (Lipinski definition) is 0. The molecule has 0 unspecified atom stereocenters. The topological polar surface area (TPSA) is 8.17 Å². The van der Waals surface area contributed by atoms with E-state index in [1.54, 1.807) is 0 Å². The van der Waals surface area contributed by atoms with Gasteiger partial charge in [-0.15, -0.1) is 0 Å². The Balaban J connectivity index is 1.50. The van der Waals surface area contributed by atoms with Gasteiger partial charge >= 0.3 is 0 Å². The summed E-state index contributed by atoms with van der Waals surface area (Å²) in [5.74, 6) is 0. The van der Waals surface area contributed by atoms with Crippen molar-refractivity contribution in [2.75, 3.05) is 11.9 Å². The van der Waals surface area contributed by atoms with Gasteiger partial charge in [-0.2, -0.15) is 0 Å². The maximum absolute atomic E-state index is 2.41. The molecule has 0 fully saturated rings. The third-order valence-corrected chi connectivity index (χ3v) is 7.19. The molecule has 0 aliphatic carbocycles. The Kier molecular flexibility index (Phi) is 4.40. The average Bonchev–Trinajstić information content (AvgIpc) is 3.26. The van der Waals surface area contributed by atoms with Crippen LogP contribution in [0.15, 0.2) is 127 Å². The van der Waals surface area contributed by atoms with Gasteiger partial charge in [0.2, 0.25) is 0 Å². The highest BCUT2D eigenvalue weighted by Gasteiger charge is 2.16. The molecule has 7 aromatic rings. The first-order valence-electron chi connectivity index (χ1n) is 12.0. The van der Waals surface area contributed by atoms with Gasteiger partial charge in [-0.3, -0.25) is 0 Å². The second-order valence-corrected chi connectivity index (χ2v) is 9.08. The van der Waals surface area contributed by atoms with Gasteiger partial charge < -0.3 is 9.47 Å². The summed E-state index contributed by atoms with van der Waals surface area (Å²) in [7, 11) is 2.17. The van der Waals surface area contributed by atoms with Crippen LogP contribution < -0.4 is 4.90 Å². The molecule has 0 radical (unpaired) electrons. The molecule has 0 aliphatic heterocycles. The van der Waals surface area contributed by atoms with E-state index in [4.69, 9.17) is 0 Å². The zero-order chi connectivity index (χ0) is 23.4. The van der Waals surface area contributed by atoms with Crippen molar-refractivity contribution in [1.82, 2.24) is 4.57 Å². The van der Waals surface area contributed by atoms with Gasteiger partial charge in [0.1, 0.15) is 0 Å². The predicted molar refractivity (Wildman–Crippen MR) is 150 cm³/mol. The van der Waals surface area contributed by atoms with E-state index < -0.39 is 0 Å². The summed E-state index contributed by atoms with van der Waals surface area (Å²) >= 11 is 0. The zero-order valence-corrected chi connectivity index (χ0v) is 19.5. The minimum Gasteiger partial charge on any atom is -0.344 e. The van der Waals surface area contributed by atoms with E-state index in [1.807, 2.05) is 0 Å². The van der Waals surface area contributed by atoms with Crippen molar-refractivity contribution in [3.63, 3.8) is 0 Å². The lowest BCUT2D eigenvalue weighted by Crippen LogP contribution is -2.10. The number of benzene rings is 6. The van der Waals surface area contributed by atoms with E-state index in [0.29, 0.717) is 0 Å². The number of hydrogen-bond acceptors (Lipinski definition) is 1. The van der Waals surface area contributed by atoms with Crippen LogP contribution in [-0.4, -0.2) is 11.6 Å². The molecule has 0 N–H and O–H groups in total. The molecular formula is C33H24N2. The van der Waals surface area contributed by atoms with Crippen LogP contribution in [0.1, 0.15) is 0 Å². The molecule has 1 aromatic heterocycles. The Bertz CT molecular complexity index is 1820. The molecule has 0 amide bonds. The van der Waals surface area contributed by atoms with E-state index >= 15 is 0 Å². The van der Waals surface area contributed by atoms with Crippen LogP contribution in [0.3, 0.4) is 0 Å². The fraction of sp³-hybridized carbons (Fsp3) is 0.0303. The van der Waals surface area contributed by atoms with Crippen LogP contribution in [0.5, 0.6) is 0 Å². The Morgan fingerprint density at radius 2 is 0.914 bits per heavy atom. The Hall–Kier alpha value is -4.56. The van der Waals surface area contributed by atoms with Crippen LogP contribution in [-0.2, 0) is 0 Å². The molecule has 0 bridgehead atoms. The summed E-state index contributed by atoms with van der Waals surface area (Å²) < 4.78 is 2.41. The molecule has 1 heterocycles.